The van der Waals surface area contributed by atoms with E-state index in [1.807, 2.05) is 0 Å². The van der Waals surface area contributed by atoms with Crippen molar-refractivity contribution in [1.29, 1.82) is 0 Å². The molecular weight excluding hydrogens is 376 g/mol. The second-order valence-corrected chi connectivity index (χ2v) is 7.83. The Labute approximate surface area is 156 Å². The summed E-state index contributed by atoms with van der Waals surface area (Å²) in [6.07, 6.45) is 2.53. The van der Waals surface area contributed by atoms with Crippen LogP contribution in [0.25, 0.3) is 0 Å². The van der Waals surface area contributed by atoms with E-state index in [0.29, 0.717) is 0 Å². The van der Waals surface area contributed by atoms with Crippen molar-refractivity contribution in [3.05, 3.63) is 42.0 Å². The quantitative estimate of drug-likeness (QED) is 0.657. The maximum absolute atomic E-state index is 12.5. The zero-order chi connectivity index (χ0) is 19.7. The molecule has 1 aromatic rings. The van der Waals surface area contributed by atoms with Crippen LogP contribution in [0, 0.1) is 0 Å². The predicted molar refractivity (Wildman–Crippen MR) is 93.1 cm³/mol. The average molecular weight is 396 g/mol. The molecule has 0 unspecified atom stereocenters. The van der Waals surface area contributed by atoms with E-state index >= 15 is 0 Å². The van der Waals surface area contributed by atoms with Gasteiger partial charge in [-0.25, -0.2) is 12.7 Å². The number of methoxy groups -OCH3 is 2. The van der Waals surface area contributed by atoms with Gasteiger partial charge in [0.15, 0.2) is 6.29 Å². The number of hydrogen-bond acceptors (Lipinski definition) is 7. The summed E-state index contributed by atoms with van der Waals surface area (Å²) in [6, 6.07) is 5.97. The molecule has 146 valence electrons. The number of carbonyl (C=O) groups excluding carboxylic acids is 2. The van der Waals surface area contributed by atoms with E-state index in [4.69, 9.17) is 14.2 Å². The van der Waals surface area contributed by atoms with Crippen LogP contribution in [0.2, 0.25) is 0 Å². The molecule has 10 heteroatoms. The summed E-state index contributed by atoms with van der Waals surface area (Å²) in [5, 5.41) is 2.62. The van der Waals surface area contributed by atoms with Gasteiger partial charge in [-0.1, -0.05) is 12.1 Å². The van der Waals surface area contributed by atoms with Gasteiger partial charge in [0, 0.05) is 27.2 Å². The fourth-order valence-corrected chi connectivity index (χ4v) is 4.45. The molecule has 0 aromatic heterocycles. The Morgan fingerprint density at radius 3 is 2.70 bits per heavy atom. The molecule has 3 rings (SSSR count). The molecule has 2 heterocycles. The Morgan fingerprint density at radius 2 is 2.07 bits per heavy atom. The Balaban J connectivity index is 1.57. The van der Waals surface area contributed by atoms with E-state index in [2.05, 4.69) is 5.32 Å². The normalized spacial score (nSPS) is 25.6. The second kappa shape index (κ2) is 7.39. The third-order valence-corrected chi connectivity index (χ3v) is 6.23. The smallest absolute Gasteiger partial charge is 0.269 e. The fourth-order valence-electron chi connectivity index (χ4n) is 2.88. The van der Waals surface area contributed by atoms with Crippen LogP contribution in [0.3, 0.4) is 0 Å². The summed E-state index contributed by atoms with van der Waals surface area (Å²) in [7, 11) is -1.01. The van der Waals surface area contributed by atoms with E-state index < -0.39 is 33.9 Å². The van der Waals surface area contributed by atoms with Gasteiger partial charge in [0.1, 0.15) is 4.90 Å². The molecule has 2 atom stereocenters. The highest BCUT2D eigenvalue weighted by Gasteiger charge is 2.41. The largest absolute Gasteiger partial charge is 0.352 e. The van der Waals surface area contributed by atoms with E-state index in [1.54, 1.807) is 24.3 Å². The Morgan fingerprint density at radius 1 is 1.33 bits per heavy atom. The van der Waals surface area contributed by atoms with Gasteiger partial charge in [-0.05, 0) is 24.3 Å². The Kier molecular flexibility index (Phi) is 5.33. The van der Waals surface area contributed by atoms with Crippen LogP contribution in [0.15, 0.2) is 41.3 Å². The van der Waals surface area contributed by atoms with Crippen LogP contribution < -0.4 is 5.32 Å². The van der Waals surface area contributed by atoms with E-state index in [0.717, 1.165) is 4.31 Å². The first-order valence-corrected chi connectivity index (χ1v) is 9.65. The first kappa shape index (κ1) is 19.5. The molecule has 2 aliphatic rings. The number of rotatable bonds is 7. The molecule has 2 aliphatic heterocycles. The summed E-state index contributed by atoms with van der Waals surface area (Å²) in [5.41, 5.74) is 0.117. The predicted octanol–water partition coefficient (Wildman–Crippen LogP) is 0.239. The van der Waals surface area contributed by atoms with Crippen molar-refractivity contribution in [1.82, 2.24) is 9.62 Å². The first-order chi connectivity index (χ1) is 12.8. The van der Waals surface area contributed by atoms with Gasteiger partial charge in [0.05, 0.1) is 12.1 Å². The number of hydrogen-bond donors (Lipinski definition) is 1. The van der Waals surface area contributed by atoms with Crippen molar-refractivity contribution < 1.29 is 32.2 Å². The highest BCUT2D eigenvalue weighted by Crippen LogP contribution is 2.30. The molecule has 0 spiro atoms. The van der Waals surface area contributed by atoms with Crippen molar-refractivity contribution in [3.8, 4) is 0 Å². The zero-order valence-corrected chi connectivity index (χ0v) is 15.7. The van der Waals surface area contributed by atoms with Gasteiger partial charge in [0.25, 0.3) is 15.9 Å². The number of carbonyl (C=O) groups is 2. The summed E-state index contributed by atoms with van der Waals surface area (Å²) < 4.78 is 41.5. The number of nitrogens with one attached hydrogen (secondary N) is 1. The lowest BCUT2D eigenvalue weighted by atomic mass is 10.2. The van der Waals surface area contributed by atoms with Crippen molar-refractivity contribution in [2.45, 2.75) is 23.4 Å². The molecule has 9 nitrogen and oxygen atoms in total. The lowest BCUT2D eigenvalue weighted by Crippen LogP contribution is -2.45. The van der Waals surface area contributed by atoms with Gasteiger partial charge >= 0.3 is 0 Å². The molecule has 0 fully saturated rings. The maximum atomic E-state index is 12.5. The first-order valence-electron chi connectivity index (χ1n) is 8.21. The van der Waals surface area contributed by atoms with Crippen molar-refractivity contribution in [3.63, 3.8) is 0 Å². The maximum Gasteiger partial charge on any atom is 0.269 e. The van der Waals surface area contributed by atoms with Gasteiger partial charge in [-0.2, -0.15) is 0 Å². The van der Waals surface area contributed by atoms with Gasteiger partial charge in [-0.3, -0.25) is 9.59 Å². The second-order valence-electron chi connectivity index (χ2n) is 6.00. The minimum absolute atomic E-state index is 0.0135. The van der Waals surface area contributed by atoms with Crippen LogP contribution in [-0.2, 0) is 29.0 Å². The van der Waals surface area contributed by atoms with E-state index in [9.17, 15) is 18.0 Å². The molecule has 0 saturated heterocycles. The standard InChI is InChI=1S/C17H20N2O7S/c1-24-15-7-9-17(25-2,26-15)11-18-14(20)8-10-19-16(21)12-5-3-4-6-13(12)27(19,22)23/h3-7,9,15H,8,10-11H2,1-2H3,(H,18,20)/t15-,17-/m0/s1. The third kappa shape index (κ3) is 3.61. The molecule has 0 saturated carbocycles. The molecule has 2 amide bonds. The minimum Gasteiger partial charge on any atom is -0.352 e. The highest BCUT2D eigenvalue weighted by atomic mass is 32.2. The lowest BCUT2D eigenvalue weighted by Gasteiger charge is -2.27. The van der Waals surface area contributed by atoms with Crippen molar-refractivity contribution in [2.75, 3.05) is 27.3 Å². The minimum atomic E-state index is -3.92. The van der Waals surface area contributed by atoms with Crippen LogP contribution in [0.5, 0.6) is 0 Å². The molecule has 1 N–H and O–H groups in total. The third-order valence-electron chi connectivity index (χ3n) is 4.39. The molecular formula is C17H20N2O7S. The number of benzene rings is 1. The Bertz CT molecular complexity index is 883. The van der Waals surface area contributed by atoms with E-state index in [1.165, 1.54) is 26.4 Å². The van der Waals surface area contributed by atoms with E-state index in [-0.39, 0.29) is 30.0 Å². The average Bonchev–Trinajstić information content (AvgIpc) is 3.17. The van der Waals surface area contributed by atoms with Crippen molar-refractivity contribution in [2.24, 2.45) is 0 Å². The summed E-state index contributed by atoms with van der Waals surface area (Å²) in [4.78, 5) is 24.4. The topological polar surface area (TPSA) is 111 Å². The molecule has 0 radical (unpaired) electrons. The number of ether oxygens (including phenoxy) is 3. The number of nitrogens with zero attached hydrogens (tertiary/aromatic N) is 1. The van der Waals surface area contributed by atoms with Crippen LogP contribution >= 0.6 is 0 Å². The van der Waals surface area contributed by atoms with Gasteiger partial charge < -0.3 is 19.5 Å². The van der Waals surface area contributed by atoms with Crippen molar-refractivity contribution >= 4 is 21.8 Å². The van der Waals surface area contributed by atoms with Crippen LogP contribution in [0.1, 0.15) is 16.8 Å². The number of sulfonamides is 1. The summed E-state index contributed by atoms with van der Waals surface area (Å²) >= 11 is 0. The molecule has 0 aliphatic carbocycles. The molecule has 0 bridgehead atoms. The highest BCUT2D eigenvalue weighted by molar-refractivity contribution is 7.90. The molecule has 1 aromatic carbocycles. The van der Waals surface area contributed by atoms with Gasteiger partial charge in [0.2, 0.25) is 11.7 Å². The molecule has 27 heavy (non-hydrogen) atoms. The number of fused-ring (bicyclic) bond motifs is 1. The van der Waals surface area contributed by atoms with Gasteiger partial charge in [-0.15, -0.1) is 0 Å². The zero-order valence-electron chi connectivity index (χ0n) is 14.9. The number of amides is 2. The fraction of sp³-hybridized carbons (Fsp3) is 0.412. The summed E-state index contributed by atoms with van der Waals surface area (Å²) in [5.74, 6) is -2.22. The van der Waals surface area contributed by atoms with Crippen LogP contribution in [-0.4, -0.2) is 63.9 Å². The Hall–Kier alpha value is -2.27. The van der Waals surface area contributed by atoms with Crippen LogP contribution in [0.4, 0.5) is 0 Å². The SMILES string of the molecule is CO[C@@H]1C=C[C@](CNC(=O)CCN2C(=O)c3ccccc3S2(=O)=O)(OC)O1. The monoisotopic (exact) mass is 396 g/mol. The lowest BCUT2D eigenvalue weighted by molar-refractivity contribution is -0.239. The summed E-state index contributed by atoms with van der Waals surface area (Å²) in [6.45, 7) is -0.237.